The van der Waals surface area contributed by atoms with Crippen molar-refractivity contribution in [3.8, 4) is 0 Å². The molecule has 1 saturated heterocycles. The monoisotopic (exact) mass is 303 g/mol. The van der Waals surface area contributed by atoms with Crippen LogP contribution < -0.4 is 0 Å². The van der Waals surface area contributed by atoms with Gasteiger partial charge >= 0.3 is 6.09 Å². The Morgan fingerprint density at radius 2 is 1.95 bits per heavy atom. The number of likely N-dealkylation sites (tertiary alicyclic amines) is 1. The maximum atomic E-state index is 10.9. The maximum Gasteiger partial charge on any atom is 0.407 e. The van der Waals surface area contributed by atoms with Crippen molar-refractivity contribution < 1.29 is 19.1 Å². The summed E-state index contributed by atoms with van der Waals surface area (Å²) in [5.74, 6) is 0. The Morgan fingerprint density at radius 3 is 2.40 bits per heavy atom. The summed E-state index contributed by atoms with van der Waals surface area (Å²) in [7, 11) is -1.72. The molecule has 1 fully saturated rings. The van der Waals surface area contributed by atoms with Crippen LogP contribution in [0, 0.1) is 0 Å². The molecule has 0 radical (unpaired) electrons. The molecule has 1 amide bonds. The minimum absolute atomic E-state index is 0.199. The van der Waals surface area contributed by atoms with Crippen molar-refractivity contribution in [2.75, 3.05) is 26.3 Å². The van der Waals surface area contributed by atoms with Crippen LogP contribution in [0.25, 0.3) is 0 Å². The Hall–Kier alpha value is -0.593. The van der Waals surface area contributed by atoms with E-state index in [0.29, 0.717) is 26.3 Å². The highest BCUT2D eigenvalue weighted by Crippen LogP contribution is 2.36. The molecule has 20 heavy (non-hydrogen) atoms. The largest absolute Gasteiger partial charge is 0.465 e. The van der Waals surface area contributed by atoms with Gasteiger partial charge in [-0.15, -0.1) is 0 Å². The first-order valence-corrected chi connectivity index (χ1v) is 10.1. The van der Waals surface area contributed by atoms with Crippen molar-refractivity contribution in [1.82, 2.24) is 4.90 Å². The first-order valence-electron chi connectivity index (χ1n) is 7.23. The van der Waals surface area contributed by atoms with Crippen LogP contribution in [0.2, 0.25) is 18.1 Å². The summed E-state index contributed by atoms with van der Waals surface area (Å²) in [5, 5.41) is 9.16. The van der Waals surface area contributed by atoms with Gasteiger partial charge in [-0.1, -0.05) is 20.8 Å². The summed E-state index contributed by atoms with van der Waals surface area (Å²) in [6.07, 6.45) is -0.116. The number of nitrogens with zero attached hydrogens (tertiary/aromatic N) is 1. The fraction of sp³-hybridized carbons (Fsp3) is 0.929. The van der Waals surface area contributed by atoms with E-state index in [1.165, 1.54) is 4.90 Å². The van der Waals surface area contributed by atoms with E-state index in [2.05, 4.69) is 33.9 Å². The molecule has 0 aromatic carbocycles. The molecular formula is C14H29NO4Si. The topological polar surface area (TPSA) is 59.0 Å². The number of rotatable bonds is 5. The second-order valence-corrected chi connectivity index (χ2v) is 12.2. The van der Waals surface area contributed by atoms with Gasteiger partial charge in [-0.25, -0.2) is 4.79 Å². The number of ether oxygens (including phenoxy) is 1. The van der Waals surface area contributed by atoms with Crippen molar-refractivity contribution in [3.05, 3.63) is 0 Å². The Bertz CT molecular complexity index is 354. The molecule has 1 atom stereocenters. The molecule has 5 nitrogen and oxygen atoms in total. The molecule has 1 unspecified atom stereocenters. The summed E-state index contributed by atoms with van der Waals surface area (Å²) >= 11 is 0. The minimum Gasteiger partial charge on any atom is -0.465 e. The highest BCUT2D eigenvalue weighted by Gasteiger charge is 2.38. The standard InChI is InChI=1S/C14H29NO4Si/c1-13(2,3)20(5,6)19-10-9-18-14(4)7-8-15(11-14)12(16)17/h7-11H2,1-6H3,(H,16,17). The molecule has 1 aliphatic heterocycles. The summed E-state index contributed by atoms with van der Waals surface area (Å²) < 4.78 is 11.9. The third-order valence-electron chi connectivity index (χ3n) is 4.51. The van der Waals surface area contributed by atoms with Gasteiger partial charge in [0.05, 0.1) is 25.4 Å². The minimum atomic E-state index is -1.72. The average Bonchev–Trinajstić information content (AvgIpc) is 2.67. The van der Waals surface area contributed by atoms with Crippen molar-refractivity contribution in [2.45, 2.75) is 57.8 Å². The van der Waals surface area contributed by atoms with E-state index in [1.54, 1.807) is 0 Å². The molecule has 0 spiro atoms. The average molecular weight is 303 g/mol. The molecule has 0 saturated carbocycles. The lowest BCUT2D eigenvalue weighted by Gasteiger charge is -2.36. The van der Waals surface area contributed by atoms with E-state index in [-0.39, 0.29) is 10.6 Å². The quantitative estimate of drug-likeness (QED) is 0.626. The predicted octanol–water partition coefficient (Wildman–Crippen LogP) is 3.17. The normalized spacial score (nSPS) is 24.2. The van der Waals surface area contributed by atoms with Crippen LogP contribution in [-0.4, -0.2) is 56.3 Å². The van der Waals surface area contributed by atoms with Crippen LogP contribution in [0.5, 0.6) is 0 Å². The van der Waals surface area contributed by atoms with E-state index in [4.69, 9.17) is 14.3 Å². The van der Waals surface area contributed by atoms with Gasteiger partial charge in [-0.2, -0.15) is 0 Å². The van der Waals surface area contributed by atoms with Gasteiger partial charge in [0.25, 0.3) is 0 Å². The predicted molar refractivity (Wildman–Crippen MR) is 81.7 cm³/mol. The third-order valence-corrected chi connectivity index (χ3v) is 9.05. The maximum absolute atomic E-state index is 10.9. The van der Waals surface area contributed by atoms with Crippen LogP contribution in [0.4, 0.5) is 4.79 Å². The fourth-order valence-electron chi connectivity index (χ4n) is 2.02. The first kappa shape index (κ1) is 17.5. The van der Waals surface area contributed by atoms with E-state index in [0.717, 1.165) is 6.42 Å². The summed E-state index contributed by atoms with van der Waals surface area (Å²) in [6.45, 7) is 15.2. The van der Waals surface area contributed by atoms with Crippen LogP contribution in [0.15, 0.2) is 0 Å². The van der Waals surface area contributed by atoms with Crippen LogP contribution in [-0.2, 0) is 9.16 Å². The molecule has 1 heterocycles. The highest BCUT2D eigenvalue weighted by molar-refractivity contribution is 6.74. The number of hydrogen-bond donors (Lipinski definition) is 1. The Balaban J connectivity index is 2.34. The second-order valence-electron chi connectivity index (χ2n) is 7.36. The van der Waals surface area contributed by atoms with Gasteiger partial charge in [-0.05, 0) is 31.5 Å². The summed E-state index contributed by atoms with van der Waals surface area (Å²) in [5.41, 5.74) is -0.366. The van der Waals surface area contributed by atoms with Gasteiger partial charge in [0.2, 0.25) is 0 Å². The summed E-state index contributed by atoms with van der Waals surface area (Å²) in [4.78, 5) is 12.3. The van der Waals surface area contributed by atoms with Crippen molar-refractivity contribution in [1.29, 1.82) is 0 Å². The molecule has 0 aromatic rings. The van der Waals surface area contributed by atoms with Crippen molar-refractivity contribution in [2.24, 2.45) is 0 Å². The van der Waals surface area contributed by atoms with Gasteiger partial charge in [0.1, 0.15) is 0 Å². The van der Waals surface area contributed by atoms with E-state index in [9.17, 15) is 4.79 Å². The van der Waals surface area contributed by atoms with Gasteiger partial charge < -0.3 is 19.2 Å². The number of carbonyl (C=O) groups is 1. The lowest BCUT2D eigenvalue weighted by molar-refractivity contribution is -0.0352. The Morgan fingerprint density at radius 1 is 1.35 bits per heavy atom. The Labute approximate surface area is 123 Å². The fourth-order valence-corrected chi connectivity index (χ4v) is 3.04. The lowest BCUT2D eigenvalue weighted by Crippen LogP contribution is -2.42. The highest BCUT2D eigenvalue weighted by atomic mass is 28.4. The Kier molecular flexibility index (Phi) is 5.27. The molecule has 0 bridgehead atoms. The molecule has 118 valence electrons. The molecule has 6 heteroatoms. The van der Waals surface area contributed by atoms with Crippen LogP contribution in [0.3, 0.4) is 0 Å². The second kappa shape index (κ2) is 6.03. The van der Waals surface area contributed by atoms with E-state index >= 15 is 0 Å². The van der Waals surface area contributed by atoms with Crippen LogP contribution >= 0.6 is 0 Å². The number of carboxylic acid groups (broad SMARTS) is 1. The zero-order valence-electron chi connectivity index (χ0n) is 13.7. The van der Waals surface area contributed by atoms with E-state index in [1.807, 2.05) is 6.92 Å². The molecule has 0 aliphatic carbocycles. The number of amides is 1. The molecule has 1 N–H and O–H groups in total. The van der Waals surface area contributed by atoms with Gasteiger partial charge in [0.15, 0.2) is 8.32 Å². The van der Waals surface area contributed by atoms with Crippen LogP contribution in [0.1, 0.15) is 34.1 Å². The molecule has 1 aliphatic rings. The first-order chi connectivity index (χ1) is 8.97. The van der Waals surface area contributed by atoms with Crippen molar-refractivity contribution in [3.63, 3.8) is 0 Å². The molecule has 1 rings (SSSR count). The van der Waals surface area contributed by atoms with Crippen molar-refractivity contribution >= 4 is 14.4 Å². The third kappa shape index (κ3) is 4.46. The smallest absolute Gasteiger partial charge is 0.407 e. The summed E-state index contributed by atoms with van der Waals surface area (Å²) in [6, 6.07) is 0. The lowest BCUT2D eigenvalue weighted by atomic mass is 10.1. The number of hydrogen-bond acceptors (Lipinski definition) is 3. The van der Waals surface area contributed by atoms with Gasteiger partial charge in [0, 0.05) is 6.54 Å². The zero-order chi connectivity index (χ0) is 15.6. The zero-order valence-corrected chi connectivity index (χ0v) is 14.7. The van der Waals surface area contributed by atoms with E-state index < -0.39 is 14.4 Å². The van der Waals surface area contributed by atoms with Gasteiger partial charge in [-0.3, -0.25) is 0 Å². The molecule has 0 aromatic heterocycles. The molecular weight excluding hydrogens is 274 g/mol. The SMILES string of the molecule is CC1(OCCO[Si](C)(C)C(C)(C)C)CCN(C(=O)O)C1.